The van der Waals surface area contributed by atoms with E-state index in [1.54, 1.807) is 25.1 Å². The van der Waals surface area contributed by atoms with Crippen LogP contribution in [0.15, 0.2) is 64.6 Å². The molecule has 0 radical (unpaired) electrons. The summed E-state index contributed by atoms with van der Waals surface area (Å²) in [5.41, 5.74) is 8.92. The lowest BCUT2D eigenvalue weighted by Gasteiger charge is -2.28. The Morgan fingerprint density at radius 3 is 2.48 bits per heavy atom. The van der Waals surface area contributed by atoms with Crippen LogP contribution < -0.4 is 15.4 Å². The number of ether oxygens (including phenoxy) is 2. The van der Waals surface area contributed by atoms with Gasteiger partial charge in [0.15, 0.2) is 5.75 Å². The summed E-state index contributed by atoms with van der Waals surface area (Å²) in [5.74, 6) is 1.43. The van der Waals surface area contributed by atoms with Crippen LogP contribution in [-0.2, 0) is 11.2 Å². The van der Waals surface area contributed by atoms with Crippen LogP contribution in [-0.4, -0.2) is 43.4 Å². The predicted octanol–water partition coefficient (Wildman–Crippen LogP) is 3.65. The second kappa shape index (κ2) is 9.15. The van der Waals surface area contributed by atoms with Crippen molar-refractivity contribution in [1.82, 2.24) is 9.97 Å². The van der Waals surface area contributed by atoms with Gasteiger partial charge >= 0.3 is 0 Å². The Bertz CT molecular complexity index is 942. The number of methoxy groups -OCH3 is 1. The molecule has 0 amide bonds. The van der Waals surface area contributed by atoms with Gasteiger partial charge in [-0.05, 0) is 42.0 Å². The van der Waals surface area contributed by atoms with Crippen molar-refractivity contribution in [1.29, 1.82) is 0 Å². The molecule has 2 N–H and O–H groups in total. The zero-order valence-electron chi connectivity index (χ0n) is 16.4. The van der Waals surface area contributed by atoms with E-state index in [0.29, 0.717) is 12.2 Å². The largest absolute Gasteiger partial charge is 0.492 e. The van der Waals surface area contributed by atoms with Crippen molar-refractivity contribution >= 4 is 23.1 Å². The molecule has 0 saturated carbocycles. The third kappa shape index (κ3) is 4.99. The maximum absolute atomic E-state index is 5.78. The minimum Gasteiger partial charge on any atom is -0.492 e. The number of nitrogens with two attached hydrogens (primary N) is 1. The first-order valence-electron chi connectivity index (χ1n) is 9.56. The Kier molecular flexibility index (Phi) is 6.17. The van der Waals surface area contributed by atoms with Crippen LogP contribution in [0.5, 0.6) is 5.75 Å². The van der Waals surface area contributed by atoms with E-state index in [1.807, 2.05) is 24.3 Å². The number of benzene rings is 2. The van der Waals surface area contributed by atoms with Gasteiger partial charge in [0.05, 0.1) is 26.5 Å². The minimum atomic E-state index is 0.665. The van der Waals surface area contributed by atoms with Crippen molar-refractivity contribution in [2.45, 2.75) is 16.3 Å². The molecule has 0 unspecified atom stereocenters. The Balaban J connectivity index is 1.48. The van der Waals surface area contributed by atoms with E-state index in [9.17, 15) is 0 Å². The van der Waals surface area contributed by atoms with Gasteiger partial charge in [-0.25, -0.2) is 9.97 Å². The first-order valence-corrected chi connectivity index (χ1v) is 10.4. The van der Waals surface area contributed by atoms with Crippen LogP contribution >= 0.6 is 11.8 Å². The van der Waals surface area contributed by atoms with Crippen molar-refractivity contribution in [3.05, 3.63) is 66.1 Å². The van der Waals surface area contributed by atoms with Crippen molar-refractivity contribution in [3.8, 4) is 5.75 Å². The minimum absolute atomic E-state index is 0.665. The number of morpholine rings is 1. The molecular formula is C22H24N4O2S. The van der Waals surface area contributed by atoms with Crippen LogP contribution in [0.4, 0.5) is 11.4 Å². The summed E-state index contributed by atoms with van der Waals surface area (Å²) in [6.45, 7) is 3.45. The molecule has 4 rings (SSSR count). The normalized spacial score (nSPS) is 14.0. The average molecular weight is 409 g/mol. The third-order valence-corrected chi connectivity index (χ3v) is 5.76. The van der Waals surface area contributed by atoms with Gasteiger partial charge in [0.2, 0.25) is 0 Å². The van der Waals surface area contributed by atoms with Gasteiger partial charge in [-0.2, -0.15) is 0 Å². The lowest BCUT2D eigenvalue weighted by Crippen LogP contribution is -2.36. The first-order chi connectivity index (χ1) is 14.2. The summed E-state index contributed by atoms with van der Waals surface area (Å²) in [5, 5.41) is 0.798. The number of anilines is 2. The Labute approximate surface area is 175 Å². The molecule has 29 heavy (non-hydrogen) atoms. The molecule has 2 heterocycles. The van der Waals surface area contributed by atoms with Crippen LogP contribution in [0.3, 0.4) is 0 Å². The number of nitrogens with zero attached hydrogens (tertiary/aromatic N) is 3. The monoisotopic (exact) mass is 408 g/mol. The number of hydrogen-bond acceptors (Lipinski definition) is 7. The summed E-state index contributed by atoms with van der Waals surface area (Å²) < 4.78 is 10.9. The van der Waals surface area contributed by atoms with Gasteiger partial charge in [-0.1, -0.05) is 23.9 Å². The molecule has 3 aromatic rings. The SMILES string of the molecule is COc1cnc(Cc2ccc(N3CCOCC3)cc2)nc1Sc1ccc(N)cc1. The molecule has 0 aliphatic carbocycles. The van der Waals surface area contributed by atoms with E-state index in [-0.39, 0.29) is 0 Å². The van der Waals surface area contributed by atoms with Crippen LogP contribution in [0, 0.1) is 0 Å². The van der Waals surface area contributed by atoms with E-state index >= 15 is 0 Å². The second-order valence-electron chi connectivity index (χ2n) is 6.77. The molecule has 1 aliphatic rings. The lowest BCUT2D eigenvalue weighted by atomic mass is 10.1. The number of aromatic nitrogens is 2. The maximum Gasteiger partial charge on any atom is 0.169 e. The zero-order chi connectivity index (χ0) is 20.1. The van der Waals surface area contributed by atoms with Crippen molar-refractivity contribution in [2.24, 2.45) is 0 Å². The molecule has 0 spiro atoms. The van der Waals surface area contributed by atoms with E-state index in [2.05, 4.69) is 34.1 Å². The Morgan fingerprint density at radius 1 is 1.07 bits per heavy atom. The molecule has 6 nitrogen and oxygen atoms in total. The fraction of sp³-hybridized carbons (Fsp3) is 0.273. The molecule has 2 aromatic carbocycles. The van der Waals surface area contributed by atoms with Crippen molar-refractivity contribution < 1.29 is 9.47 Å². The number of rotatable bonds is 6. The molecule has 1 saturated heterocycles. The topological polar surface area (TPSA) is 73.5 Å². The van der Waals surface area contributed by atoms with Gasteiger partial charge < -0.3 is 20.1 Å². The van der Waals surface area contributed by atoms with Gasteiger partial charge in [0.25, 0.3) is 0 Å². The van der Waals surface area contributed by atoms with Crippen molar-refractivity contribution in [2.75, 3.05) is 44.0 Å². The van der Waals surface area contributed by atoms with Gasteiger partial charge in [-0.3, -0.25) is 0 Å². The second-order valence-corrected chi connectivity index (χ2v) is 7.84. The van der Waals surface area contributed by atoms with E-state index in [0.717, 1.165) is 47.7 Å². The summed E-state index contributed by atoms with van der Waals surface area (Å²) in [6.07, 6.45) is 2.41. The summed E-state index contributed by atoms with van der Waals surface area (Å²) in [6, 6.07) is 16.3. The molecule has 1 fully saturated rings. The van der Waals surface area contributed by atoms with E-state index in [4.69, 9.17) is 20.2 Å². The van der Waals surface area contributed by atoms with Crippen molar-refractivity contribution in [3.63, 3.8) is 0 Å². The average Bonchev–Trinajstić information content (AvgIpc) is 2.77. The highest BCUT2D eigenvalue weighted by Crippen LogP contribution is 2.33. The van der Waals surface area contributed by atoms with Crippen LogP contribution in [0.2, 0.25) is 0 Å². The summed E-state index contributed by atoms with van der Waals surface area (Å²) >= 11 is 1.54. The lowest BCUT2D eigenvalue weighted by molar-refractivity contribution is 0.122. The third-order valence-electron chi connectivity index (χ3n) is 4.76. The standard InChI is InChI=1S/C22H24N4O2S/c1-27-20-15-24-21(25-22(20)29-19-8-4-17(23)5-9-19)14-16-2-6-18(7-3-16)26-10-12-28-13-11-26/h2-9,15H,10-14,23H2,1H3. The molecule has 1 aromatic heterocycles. The quantitative estimate of drug-likeness (QED) is 0.493. The summed E-state index contributed by atoms with van der Waals surface area (Å²) in [4.78, 5) is 12.6. The van der Waals surface area contributed by atoms with Gasteiger partial charge in [0, 0.05) is 35.8 Å². The molecule has 7 heteroatoms. The highest BCUT2D eigenvalue weighted by Gasteiger charge is 2.13. The number of nitrogen functional groups attached to an aromatic ring is 1. The zero-order valence-corrected chi connectivity index (χ0v) is 17.2. The molecule has 1 aliphatic heterocycles. The van der Waals surface area contributed by atoms with Gasteiger partial charge in [0.1, 0.15) is 10.9 Å². The Hall–Kier alpha value is -2.77. The van der Waals surface area contributed by atoms with Crippen LogP contribution in [0.1, 0.15) is 11.4 Å². The smallest absolute Gasteiger partial charge is 0.169 e. The molecule has 0 bridgehead atoms. The predicted molar refractivity (Wildman–Crippen MR) is 116 cm³/mol. The van der Waals surface area contributed by atoms with E-state index in [1.165, 1.54) is 11.3 Å². The fourth-order valence-corrected chi connectivity index (χ4v) is 4.05. The first kappa shape index (κ1) is 19.5. The molecule has 0 atom stereocenters. The number of hydrogen-bond donors (Lipinski definition) is 1. The van der Waals surface area contributed by atoms with Crippen LogP contribution in [0.25, 0.3) is 0 Å². The van der Waals surface area contributed by atoms with E-state index < -0.39 is 0 Å². The highest BCUT2D eigenvalue weighted by atomic mass is 32.2. The molecular weight excluding hydrogens is 384 g/mol. The molecule has 150 valence electrons. The Morgan fingerprint density at radius 2 is 1.79 bits per heavy atom. The fourth-order valence-electron chi connectivity index (χ4n) is 3.16. The summed E-state index contributed by atoms with van der Waals surface area (Å²) in [7, 11) is 1.63. The highest BCUT2D eigenvalue weighted by molar-refractivity contribution is 7.99. The maximum atomic E-state index is 5.78. The van der Waals surface area contributed by atoms with Gasteiger partial charge in [-0.15, -0.1) is 0 Å².